The number of carbonyl (C=O) groups is 1. The van der Waals surface area contributed by atoms with E-state index in [1.165, 1.54) is 6.42 Å². The summed E-state index contributed by atoms with van der Waals surface area (Å²) < 4.78 is 5.21. The smallest absolute Gasteiger partial charge is 0.225 e. The minimum Gasteiger partial charge on any atom is -0.381 e. The third-order valence-corrected chi connectivity index (χ3v) is 3.34. The molecule has 1 aliphatic rings. The molecule has 1 saturated heterocycles. The van der Waals surface area contributed by atoms with Gasteiger partial charge in [-0.25, -0.2) is 0 Å². The van der Waals surface area contributed by atoms with Gasteiger partial charge in [-0.05, 0) is 25.7 Å². The van der Waals surface area contributed by atoms with Crippen LogP contribution in [0.1, 0.15) is 33.1 Å². The van der Waals surface area contributed by atoms with Gasteiger partial charge in [-0.15, -0.1) is 12.4 Å². The Morgan fingerprint density at radius 3 is 2.82 bits per heavy atom. The molecule has 2 unspecified atom stereocenters. The van der Waals surface area contributed by atoms with Gasteiger partial charge in [-0.2, -0.15) is 0 Å². The van der Waals surface area contributed by atoms with E-state index < -0.39 is 0 Å². The van der Waals surface area contributed by atoms with Crippen LogP contribution in [0.25, 0.3) is 0 Å². The Kier molecular flexibility index (Phi) is 8.56. The quantitative estimate of drug-likeness (QED) is 0.764. The molecule has 1 heterocycles. The van der Waals surface area contributed by atoms with Crippen molar-refractivity contribution in [2.45, 2.75) is 39.2 Å². The fourth-order valence-electron chi connectivity index (χ4n) is 2.37. The van der Waals surface area contributed by atoms with Crippen molar-refractivity contribution in [2.24, 2.45) is 11.7 Å². The number of rotatable bonds is 5. The van der Waals surface area contributed by atoms with Crippen LogP contribution in [0.15, 0.2) is 0 Å². The molecule has 0 aromatic heterocycles. The first kappa shape index (κ1) is 16.7. The van der Waals surface area contributed by atoms with Crippen LogP contribution < -0.4 is 5.73 Å². The molecule has 17 heavy (non-hydrogen) atoms. The van der Waals surface area contributed by atoms with Crippen molar-refractivity contribution in [3.63, 3.8) is 0 Å². The zero-order valence-corrected chi connectivity index (χ0v) is 11.7. The average molecular weight is 265 g/mol. The van der Waals surface area contributed by atoms with E-state index in [0.717, 1.165) is 13.0 Å². The highest BCUT2D eigenvalue weighted by Crippen LogP contribution is 2.23. The maximum Gasteiger partial charge on any atom is 0.225 e. The van der Waals surface area contributed by atoms with E-state index in [1.807, 2.05) is 11.8 Å². The average Bonchev–Trinajstić information content (AvgIpc) is 2.29. The van der Waals surface area contributed by atoms with Crippen molar-refractivity contribution in [3.8, 4) is 0 Å². The summed E-state index contributed by atoms with van der Waals surface area (Å²) in [5.74, 6) is 0.713. The summed E-state index contributed by atoms with van der Waals surface area (Å²) in [4.78, 5) is 13.9. The molecule has 0 aliphatic carbocycles. The Labute approximate surface area is 110 Å². The normalized spacial score (nSPS) is 24.3. The second-order valence-electron chi connectivity index (χ2n) is 4.46. The lowest BCUT2D eigenvalue weighted by Gasteiger charge is -2.39. The molecular weight excluding hydrogens is 240 g/mol. The maximum atomic E-state index is 12.0. The first-order valence-electron chi connectivity index (χ1n) is 6.28. The van der Waals surface area contributed by atoms with E-state index in [2.05, 4.69) is 6.92 Å². The zero-order valence-electron chi connectivity index (χ0n) is 10.9. The highest BCUT2D eigenvalue weighted by atomic mass is 35.5. The van der Waals surface area contributed by atoms with Crippen LogP contribution >= 0.6 is 12.4 Å². The Balaban J connectivity index is 0.00000256. The number of amides is 1. The highest BCUT2D eigenvalue weighted by Gasteiger charge is 2.30. The number of hydrogen-bond acceptors (Lipinski definition) is 3. The number of nitrogens with two attached hydrogens (primary N) is 1. The second kappa shape index (κ2) is 8.72. The second-order valence-corrected chi connectivity index (χ2v) is 4.46. The van der Waals surface area contributed by atoms with E-state index in [0.29, 0.717) is 32.1 Å². The molecule has 0 saturated carbocycles. The van der Waals surface area contributed by atoms with Crippen LogP contribution in [-0.4, -0.2) is 43.2 Å². The highest BCUT2D eigenvalue weighted by molar-refractivity contribution is 5.85. The number of halogens is 1. The van der Waals surface area contributed by atoms with Crippen LogP contribution in [0, 0.1) is 5.92 Å². The Bertz CT molecular complexity index is 227. The summed E-state index contributed by atoms with van der Waals surface area (Å²) >= 11 is 0. The monoisotopic (exact) mass is 264 g/mol. The SMILES string of the molecule is CCOCCC(=O)N1CCCC(C)C1CN.Cl. The number of nitrogens with zero attached hydrogens (tertiary/aromatic N) is 1. The minimum atomic E-state index is 0. The van der Waals surface area contributed by atoms with Gasteiger partial charge in [0.05, 0.1) is 13.0 Å². The number of likely N-dealkylation sites (tertiary alicyclic amines) is 1. The minimum absolute atomic E-state index is 0. The molecule has 0 aromatic rings. The molecule has 0 radical (unpaired) electrons. The van der Waals surface area contributed by atoms with Gasteiger partial charge in [0.2, 0.25) is 5.91 Å². The standard InChI is InChI=1S/C12H24N2O2.ClH/c1-3-16-8-6-12(15)14-7-4-5-10(2)11(14)9-13;/h10-11H,3-9,13H2,1-2H3;1H. The molecule has 1 fully saturated rings. The maximum absolute atomic E-state index is 12.0. The van der Waals surface area contributed by atoms with Crippen LogP contribution in [0.4, 0.5) is 0 Å². The fraction of sp³-hybridized carbons (Fsp3) is 0.917. The van der Waals surface area contributed by atoms with Gasteiger partial charge >= 0.3 is 0 Å². The van der Waals surface area contributed by atoms with Crippen molar-refractivity contribution in [3.05, 3.63) is 0 Å². The summed E-state index contributed by atoms with van der Waals surface area (Å²) in [7, 11) is 0. The molecule has 0 bridgehead atoms. The van der Waals surface area contributed by atoms with E-state index in [1.54, 1.807) is 0 Å². The molecule has 2 atom stereocenters. The van der Waals surface area contributed by atoms with Crippen molar-refractivity contribution >= 4 is 18.3 Å². The van der Waals surface area contributed by atoms with Crippen LogP contribution in [0.5, 0.6) is 0 Å². The van der Waals surface area contributed by atoms with Gasteiger partial charge in [0.15, 0.2) is 0 Å². The predicted octanol–water partition coefficient (Wildman–Crippen LogP) is 1.42. The lowest BCUT2D eigenvalue weighted by atomic mass is 9.90. The van der Waals surface area contributed by atoms with Gasteiger partial charge in [-0.1, -0.05) is 6.92 Å². The molecule has 4 nitrogen and oxygen atoms in total. The molecule has 1 aliphatic heterocycles. The summed E-state index contributed by atoms with van der Waals surface area (Å²) in [5, 5.41) is 0. The lowest BCUT2D eigenvalue weighted by molar-refractivity contribution is -0.137. The van der Waals surface area contributed by atoms with Gasteiger partial charge in [0.25, 0.3) is 0 Å². The molecule has 0 aromatic carbocycles. The van der Waals surface area contributed by atoms with E-state index in [4.69, 9.17) is 10.5 Å². The summed E-state index contributed by atoms with van der Waals surface area (Å²) in [5.41, 5.74) is 5.75. The zero-order chi connectivity index (χ0) is 12.0. The van der Waals surface area contributed by atoms with Crippen molar-refractivity contribution in [2.75, 3.05) is 26.3 Å². The lowest BCUT2D eigenvalue weighted by Crippen LogP contribution is -2.51. The summed E-state index contributed by atoms with van der Waals surface area (Å²) in [6.45, 7) is 6.75. The van der Waals surface area contributed by atoms with Gasteiger partial charge < -0.3 is 15.4 Å². The van der Waals surface area contributed by atoms with E-state index in [-0.39, 0.29) is 24.4 Å². The predicted molar refractivity (Wildman–Crippen MR) is 71.3 cm³/mol. The Morgan fingerprint density at radius 1 is 1.53 bits per heavy atom. The van der Waals surface area contributed by atoms with Gasteiger partial charge in [-0.3, -0.25) is 4.79 Å². The topological polar surface area (TPSA) is 55.6 Å². The third-order valence-electron chi connectivity index (χ3n) is 3.34. The molecule has 102 valence electrons. The number of carbonyl (C=O) groups excluding carboxylic acids is 1. The third kappa shape index (κ3) is 4.82. The number of ether oxygens (including phenoxy) is 1. The Morgan fingerprint density at radius 2 is 2.24 bits per heavy atom. The van der Waals surface area contributed by atoms with Gasteiger partial charge in [0, 0.05) is 25.7 Å². The summed E-state index contributed by atoms with van der Waals surface area (Å²) in [6.07, 6.45) is 2.76. The van der Waals surface area contributed by atoms with Crippen molar-refractivity contribution in [1.29, 1.82) is 0 Å². The summed E-state index contributed by atoms with van der Waals surface area (Å²) in [6, 6.07) is 0.225. The number of hydrogen-bond donors (Lipinski definition) is 1. The fourth-order valence-corrected chi connectivity index (χ4v) is 2.37. The van der Waals surface area contributed by atoms with Crippen LogP contribution in [0.2, 0.25) is 0 Å². The van der Waals surface area contributed by atoms with Crippen molar-refractivity contribution in [1.82, 2.24) is 4.90 Å². The molecule has 2 N–H and O–H groups in total. The molecule has 0 spiro atoms. The van der Waals surface area contributed by atoms with E-state index in [9.17, 15) is 4.79 Å². The van der Waals surface area contributed by atoms with Gasteiger partial charge in [0.1, 0.15) is 0 Å². The van der Waals surface area contributed by atoms with Crippen molar-refractivity contribution < 1.29 is 9.53 Å². The molecular formula is C12H25ClN2O2. The molecule has 5 heteroatoms. The largest absolute Gasteiger partial charge is 0.381 e. The Hall–Kier alpha value is -0.320. The first-order chi connectivity index (χ1) is 7.70. The first-order valence-corrected chi connectivity index (χ1v) is 6.28. The molecule has 1 rings (SSSR count). The van der Waals surface area contributed by atoms with E-state index >= 15 is 0 Å². The van der Waals surface area contributed by atoms with Crippen LogP contribution in [-0.2, 0) is 9.53 Å². The molecule has 1 amide bonds. The number of piperidine rings is 1. The van der Waals surface area contributed by atoms with Crippen LogP contribution in [0.3, 0.4) is 0 Å².